The minimum atomic E-state index is -0.115. The molecule has 0 unspecified atom stereocenters. The predicted octanol–water partition coefficient (Wildman–Crippen LogP) is 2.75. The Bertz CT molecular complexity index is 1110. The van der Waals surface area contributed by atoms with E-state index in [1.165, 1.54) is 0 Å². The molecule has 1 saturated carbocycles. The van der Waals surface area contributed by atoms with Gasteiger partial charge in [0.05, 0.1) is 17.8 Å². The summed E-state index contributed by atoms with van der Waals surface area (Å²) < 4.78 is 0. The summed E-state index contributed by atoms with van der Waals surface area (Å²) in [6.45, 7) is 5.85. The lowest BCUT2D eigenvalue weighted by atomic mass is 9.84. The Morgan fingerprint density at radius 2 is 1.62 bits per heavy atom. The first-order valence-electron chi connectivity index (χ1n) is 13.6. The van der Waals surface area contributed by atoms with Crippen molar-refractivity contribution in [1.29, 1.82) is 0 Å². The zero-order valence-electron chi connectivity index (χ0n) is 21.5. The monoisotopic (exact) mass is 503 g/mol. The standard InChI is InChI=1S/C29H37N5O3/c35-27(20-22-6-2-1-3-7-22)31-25-21-24(29(37)34-16-12-30-13-17-34)10-11-26(25)32-14-5-15-33(19-18-32)28(36)23-8-4-9-23/h1-3,6-7,10-11,21,23,30H,4-5,8-9,12-20H2,(H,31,35). The maximum absolute atomic E-state index is 13.2. The summed E-state index contributed by atoms with van der Waals surface area (Å²) >= 11 is 0. The maximum Gasteiger partial charge on any atom is 0.254 e. The van der Waals surface area contributed by atoms with Crippen molar-refractivity contribution in [2.75, 3.05) is 62.6 Å². The fourth-order valence-corrected chi connectivity index (χ4v) is 5.36. The highest BCUT2D eigenvalue weighted by atomic mass is 16.2. The number of nitrogens with zero attached hydrogens (tertiary/aromatic N) is 3. The van der Waals surface area contributed by atoms with Gasteiger partial charge in [-0.2, -0.15) is 0 Å². The molecule has 2 aromatic carbocycles. The highest BCUT2D eigenvalue weighted by Gasteiger charge is 2.31. The third kappa shape index (κ3) is 6.13. The minimum Gasteiger partial charge on any atom is -0.368 e. The van der Waals surface area contributed by atoms with Crippen molar-refractivity contribution in [1.82, 2.24) is 15.1 Å². The SMILES string of the molecule is O=C(Cc1ccccc1)Nc1cc(C(=O)N2CCNCC2)ccc1N1CCCN(C(=O)C2CCC2)CC1. The summed E-state index contributed by atoms with van der Waals surface area (Å²) in [5, 5.41) is 6.38. The number of amides is 3. The van der Waals surface area contributed by atoms with Crippen LogP contribution in [0.5, 0.6) is 0 Å². The molecule has 1 aliphatic carbocycles. The fourth-order valence-electron chi connectivity index (χ4n) is 5.36. The molecule has 3 amide bonds. The number of carbonyl (C=O) groups excluding carboxylic acids is 3. The van der Waals surface area contributed by atoms with Crippen molar-refractivity contribution in [2.24, 2.45) is 5.92 Å². The number of anilines is 2. The van der Waals surface area contributed by atoms with Crippen LogP contribution in [0.4, 0.5) is 11.4 Å². The number of benzene rings is 2. The number of nitrogens with one attached hydrogen (secondary N) is 2. The van der Waals surface area contributed by atoms with Crippen molar-refractivity contribution in [3.63, 3.8) is 0 Å². The number of piperazine rings is 1. The van der Waals surface area contributed by atoms with Crippen LogP contribution in [0.2, 0.25) is 0 Å². The number of carbonyl (C=O) groups is 3. The topological polar surface area (TPSA) is 85.0 Å². The van der Waals surface area contributed by atoms with E-state index in [-0.39, 0.29) is 24.2 Å². The van der Waals surface area contributed by atoms with Gasteiger partial charge < -0.3 is 25.3 Å². The Hall–Kier alpha value is -3.39. The van der Waals surface area contributed by atoms with Crippen LogP contribution in [0.1, 0.15) is 41.6 Å². The van der Waals surface area contributed by atoms with Crippen molar-refractivity contribution >= 4 is 29.1 Å². The summed E-state index contributed by atoms with van der Waals surface area (Å²) in [5.74, 6) is 0.367. The third-order valence-electron chi connectivity index (χ3n) is 7.73. The van der Waals surface area contributed by atoms with Gasteiger partial charge in [-0.05, 0) is 43.0 Å². The second-order valence-corrected chi connectivity index (χ2v) is 10.3. The molecule has 196 valence electrons. The van der Waals surface area contributed by atoms with Crippen molar-refractivity contribution in [3.8, 4) is 0 Å². The first-order chi connectivity index (χ1) is 18.1. The first-order valence-corrected chi connectivity index (χ1v) is 13.6. The Balaban J connectivity index is 1.35. The van der Waals surface area contributed by atoms with E-state index in [1.54, 1.807) is 0 Å². The Kier molecular flexibility index (Phi) is 8.04. The average Bonchev–Trinajstić information content (AvgIpc) is 3.15. The number of hydrogen-bond acceptors (Lipinski definition) is 5. The third-order valence-corrected chi connectivity index (χ3v) is 7.73. The van der Waals surface area contributed by atoms with Crippen LogP contribution < -0.4 is 15.5 Å². The Labute approximate surface area is 219 Å². The van der Waals surface area contributed by atoms with Crippen LogP contribution in [-0.2, 0) is 16.0 Å². The van der Waals surface area contributed by atoms with Crippen LogP contribution in [0.3, 0.4) is 0 Å². The molecule has 0 radical (unpaired) electrons. The summed E-state index contributed by atoms with van der Waals surface area (Å²) in [7, 11) is 0. The minimum absolute atomic E-state index is 0.0141. The van der Waals surface area contributed by atoms with Gasteiger partial charge in [0.25, 0.3) is 5.91 Å². The van der Waals surface area contributed by atoms with Gasteiger partial charge in [0, 0.05) is 63.8 Å². The summed E-state index contributed by atoms with van der Waals surface area (Å²) in [6, 6.07) is 15.3. The molecular formula is C29H37N5O3. The number of hydrogen-bond donors (Lipinski definition) is 2. The average molecular weight is 504 g/mol. The molecule has 37 heavy (non-hydrogen) atoms. The van der Waals surface area contributed by atoms with Gasteiger partial charge in [-0.25, -0.2) is 0 Å². The van der Waals surface area contributed by atoms with Crippen molar-refractivity contribution < 1.29 is 14.4 Å². The largest absolute Gasteiger partial charge is 0.368 e. The van der Waals surface area contributed by atoms with Gasteiger partial charge in [0.15, 0.2) is 0 Å². The summed E-state index contributed by atoms with van der Waals surface area (Å²) in [6.07, 6.45) is 4.32. The highest BCUT2D eigenvalue weighted by Crippen LogP contribution is 2.31. The first kappa shape index (κ1) is 25.3. The molecule has 5 rings (SSSR count). The Morgan fingerprint density at radius 1 is 0.838 bits per heavy atom. The second-order valence-electron chi connectivity index (χ2n) is 10.3. The van der Waals surface area contributed by atoms with Crippen LogP contribution in [0.15, 0.2) is 48.5 Å². The van der Waals surface area contributed by atoms with Crippen LogP contribution >= 0.6 is 0 Å². The summed E-state index contributed by atoms with van der Waals surface area (Å²) in [4.78, 5) is 45.2. The Morgan fingerprint density at radius 3 is 2.35 bits per heavy atom. The van der Waals surface area contributed by atoms with Crippen molar-refractivity contribution in [2.45, 2.75) is 32.1 Å². The second kappa shape index (κ2) is 11.8. The molecule has 0 atom stereocenters. The molecule has 0 aromatic heterocycles. The maximum atomic E-state index is 13.2. The fraction of sp³-hybridized carbons (Fsp3) is 0.483. The van der Waals surface area contributed by atoms with E-state index in [0.717, 1.165) is 63.1 Å². The van der Waals surface area contributed by atoms with Crippen LogP contribution in [0.25, 0.3) is 0 Å². The molecule has 2 aliphatic heterocycles. The van der Waals surface area contributed by atoms with Gasteiger partial charge in [-0.1, -0.05) is 36.8 Å². The molecule has 0 bridgehead atoms. The molecule has 2 aromatic rings. The molecule has 3 fully saturated rings. The molecular weight excluding hydrogens is 466 g/mol. The highest BCUT2D eigenvalue weighted by molar-refractivity contribution is 6.00. The van der Waals surface area contributed by atoms with E-state index in [9.17, 15) is 14.4 Å². The number of rotatable bonds is 6. The van der Waals surface area contributed by atoms with Gasteiger partial charge in [0.1, 0.15) is 0 Å². The van der Waals surface area contributed by atoms with Gasteiger partial charge in [-0.3, -0.25) is 14.4 Å². The van der Waals surface area contributed by atoms with Crippen molar-refractivity contribution in [3.05, 3.63) is 59.7 Å². The van der Waals surface area contributed by atoms with E-state index in [4.69, 9.17) is 0 Å². The lowest BCUT2D eigenvalue weighted by molar-refractivity contribution is -0.137. The van der Waals surface area contributed by atoms with Gasteiger partial charge >= 0.3 is 0 Å². The molecule has 2 heterocycles. The van der Waals surface area contributed by atoms with Gasteiger partial charge in [0.2, 0.25) is 11.8 Å². The van der Waals surface area contributed by atoms with Crippen LogP contribution in [0, 0.1) is 5.92 Å². The van der Waals surface area contributed by atoms with E-state index >= 15 is 0 Å². The van der Waals surface area contributed by atoms with E-state index < -0.39 is 0 Å². The molecule has 2 N–H and O–H groups in total. The van der Waals surface area contributed by atoms with E-state index in [2.05, 4.69) is 15.5 Å². The molecule has 8 nitrogen and oxygen atoms in total. The normalized spacial score (nSPS) is 18.6. The molecule has 2 saturated heterocycles. The quantitative estimate of drug-likeness (QED) is 0.633. The summed E-state index contributed by atoms with van der Waals surface area (Å²) in [5.41, 5.74) is 3.07. The molecule has 0 spiro atoms. The lowest BCUT2D eigenvalue weighted by Gasteiger charge is -2.31. The lowest BCUT2D eigenvalue weighted by Crippen LogP contribution is -2.46. The van der Waals surface area contributed by atoms with Gasteiger partial charge in [-0.15, -0.1) is 0 Å². The molecule has 3 aliphatic rings. The zero-order chi connectivity index (χ0) is 25.6. The predicted molar refractivity (Wildman–Crippen MR) is 145 cm³/mol. The zero-order valence-corrected chi connectivity index (χ0v) is 21.5. The van der Waals surface area contributed by atoms with Crippen LogP contribution in [-0.4, -0.2) is 79.9 Å². The van der Waals surface area contributed by atoms with E-state index in [1.807, 2.05) is 58.3 Å². The molecule has 8 heteroatoms. The smallest absolute Gasteiger partial charge is 0.254 e. The van der Waals surface area contributed by atoms with E-state index in [0.29, 0.717) is 43.3 Å².